The number of fused-ring (bicyclic) bond motifs is 1. The summed E-state index contributed by atoms with van der Waals surface area (Å²) in [7, 11) is -3.33. The molecule has 3 heterocycles. The lowest BCUT2D eigenvalue weighted by atomic mass is 10.3. The molecule has 184 valence electrons. The molecule has 0 aliphatic rings. The number of sulfone groups is 1. The molecule has 3 aromatic heterocycles. The molecular formula is C19H15F4N7O4S. The van der Waals surface area contributed by atoms with E-state index in [4.69, 9.17) is 9.90 Å². The van der Waals surface area contributed by atoms with E-state index in [0.717, 1.165) is 12.5 Å². The van der Waals surface area contributed by atoms with Crippen molar-refractivity contribution in [3.63, 3.8) is 0 Å². The lowest BCUT2D eigenvalue weighted by Crippen LogP contribution is -2.21. The second-order valence-corrected chi connectivity index (χ2v) is 8.76. The Morgan fingerprint density at radius 2 is 1.83 bits per heavy atom. The molecule has 0 spiro atoms. The summed E-state index contributed by atoms with van der Waals surface area (Å²) in [5.41, 5.74) is 0.896. The summed E-state index contributed by atoms with van der Waals surface area (Å²) in [6, 6.07) is 9.27. The average molecular weight is 513 g/mol. The summed E-state index contributed by atoms with van der Waals surface area (Å²) in [5, 5.41) is 20.3. The van der Waals surface area contributed by atoms with Crippen LogP contribution in [0.2, 0.25) is 0 Å². The third-order valence-electron chi connectivity index (χ3n) is 4.05. The van der Waals surface area contributed by atoms with E-state index in [0.29, 0.717) is 28.4 Å². The van der Waals surface area contributed by atoms with E-state index in [1.165, 1.54) is 24.4 Å². The summed E-state index contributed by atoms with van der Waals surface area (Å²) in [5.74, 6) is -2.12. The van der Waals surface area contributed by atoms with Crippen molar-refractivity contribution in [2.75, 3.05) is 16.9 Å². The molecule has 4 rings (SSSR count). The SMILES string of the molecule is CS(=O)(=O)c1cccc(Nc2nccc(Nc3[nH]nc4ncc(F)cc34)n2)c1.O=C(O)C(F)(F)F. The number of aromatic amines is 1. The molecule has 4 N–H and O–H groups in total. The van der Waals surface area contributed by atoms with E-state index in [-0.39, 0.29) is 10.8 Å². The quantitative estimate of drug-likeness (QED) is 0.291. The van der Waals surface area contributed by atoms with E-state index in [1.54, 1.807) is 18.2 Å². The van der Waals surface area contributed by atoms with Gasteiger partial charge in [0.05, 0.1) is 16.5 Å². The van der Waals surface area contributed by atoms with Crippen LogP contribution in [0.4, 0.5) is 40.8 Å². The smallest absolute Gasteiger partial charge is 0.475 e. The normalized spacial score (nSPS) is 11.5. The van der Waals surface area contributed by atoms with Gasteiger partial charge in [0, 0.05) is 18.1 Å². The van der Waals surface area contributed by atoms with Gasteiger partial charge in [-0.2, -0.15) is 23.3 Å². The Morgan fingerprint density at radius 1 is 1.11 bits per heavy atom. The number of carboxylic acids is 1. The first kappa shape index (κ1) is 25.3. The van der Waals surface area contributed by atoms with Crippen LogP contribution in [0.25, 0.3) is 11.0 Å². The fourth-order valence-corrected chi connectivity index (χ4v) is 3.19. The number of alkyl halides is 3. The van der Waals surface area contributed by atoms with E-state index in [2.05, 4.69) is 35.8 Å². The Morgan fingerprint density at radius 3 is 2.49 bits per heavy atom. The van der Waals surface area contributed by atoms with Crippen LogP contribution in [-0.4, -0.2) is 57.1 Å². The van der Waals surface area contributed by atoms with Gasteiger partial charge in [-0.1, -0.05) is 6.07 Å². The van der Waals surface area contributed by atoms with Crippen LogP contribution < -0.4 is 10.6 Å². The molecule has 35 heavy (non-hydrogen) atoms. The Bertz CT molecular complexity index is 1480. The first-order valence-electron chi connectivity index (χ1n) is 9.30. The summed E-state index contributed by atoms with van der Waals surface area (Å²) >= 11 is 0. The molecule has 11 nitrogen and oxygen atoms in total. The number of anilines is 4. The van der Waals surface area contributed by atoms with Crippen molar-refractivity contribution >= 4 is 50.1 Å². The third-order valence-corrected chi connectivity index (χ3v) is 5.16. The Hall–Kier alpha value is -4.34. The second kappa shape index (κ2) is 9.88. The lowest BCUT2D eigenvalue weighted by Gasteiger charge is -2.08. The van der Waals surface area contributed by atoms with Crippen LogP contribution in [0.3, 0.4) is 0 Å². The number of carbonyl (C=O) groups is 1. The molecule has 0 bridgehead atoms. The number of nitrogens with zero attached hydrogens (tertiary/aromatic N) is 4. The van der Waals surface area contributed by atoms with Gasteiger partial charge >= 0.3 is 12.1 Å². The Kier molecular flexibility index (Phi) is 7.14. The average Bonchev–Trinajstić information content (AvgIpc) is 3.15. The zero-order valence-electron chi connectivity index (χ0n) is 17.5. The second-order valence-electron chi connectivity index (χ2n) is 6.74. The van der Waals surface area contributed by atoms with Gasteiger partial charge in [0.1, 0.15) is 17.5 Å². The maximum absolute atomic E-state index is 13.4. The van der Waals surface area contributed by atoms with Crippen LogP contribution in [-0.2, 0) is 14.6 Å². The fraction of sp³-hybridized carbons (Fsp3) is 0.105. The molecule has 0 amide bonds. The molecule has 0 aliphatic carbocycles. The van der Waals surface area contributed by atoms with E-state index in [9.17, 15) is 26.0 Å². The van der Waals surface area contributed by atoms with Crippen molar-refractivity contribution in [3.8, 4) is 0 Å². The van der Waals surface area contributed by atoms with Gasteiger partial charge in [0.15, 0.2) is 15.5 Å². The zero-order chi connectivity index (χ0) is 25.8. The Labute approximate surface area is 194 Å². The number of carboxylic acid groups (broad SMARTS) is 1. The number of H-pyrrole nitrogens is 1. The molecule has 0 radical (unpaired) electrons. The molecule has 0 atom stereocenters. The minimum Gasteiger partial charge on any atom is -0.475 e. The molecule has 0 saturated carbocycles. The molecule has 0 fully saturated rings. The summed E-state index contributed by atoms with van der Waals surface area (Å²) < 4.78 is 68.6. The number of halogens is 4. The number of aliphatic carboxylic acids is 1. The van der Waals surface area contributed by atoms with Crippen LogP contribution >= 0.6 is 0 Å². The van der Waals surface area contributed by atoms with E-state index < -0.39 is 27.8 Å². The summed E-state index contributed by atoms with van der Waals surface area (Å²) in [6.45, 7) is 0. The van der Waals surface area contributed by atoms with Crippen LogP contribution in [0.1, 0.15) is 0 Å². The molecule has 0 unspecified atom stereocenters. The molecule has 4 aromatic rings. The van der Waals surface area contributed by atoms with Crippen LogP contribution in [0, 0.1) is 5.82 Å². The Balaban J connectivity index is 0.000000429. The van der Waals surface area contributed by atoms with Gasteiger partial charge in [-0.05, 0) is 30.3 Å². The first-order valence-corrected chi connectivity index (χ1v) is 11.2. The number of nitrogens with one attached hydrogen (secondary N) is 3. The highest BCUT2D eigenvalue weighted by molar-refractivity contribution is 7.90. The summed E-state index contributed by atoms with van der Waals surface area (Å²) in [6.07, 6.45) is -1.33. The maximum Gasteiger partial charge on any atom is 0.490 e. The van der Waals surface area contributed by atoms with Crippen molar-refractivity contribution in [3.05, 3.63) is 54.6 Å². The number of benzene rings is 1. The molecule has 0 saturated heterocycles. The molecule has 1 aromatic carbocycles. The highest BCUT2D eigenvalue weighted by Gasteiger charge is 2.38. The molecule has 0 aliphatic heterocycles. The molecule has 16 heteroatoms. The minimum atomic E-state index is -5.08. The van der Waals surface area contributed by atoms with Crippen LogP contribution in [0.5, 0.6) is 0 Å². The standard InChI is InChI=1S/C17H14FN7O2S.C2HF3O2/c1-28(26,27)12-4-2-3-11(8-12)21-17-19-6-5-14(23-17)22-16-13-7-10(18)9-20-15(13)24-25-16;3-2(4,5)1(6)7/h2-9H,1H3,(H3,19,20,21,22,23,24,25);(H,6,7). The van der Waals surface area contributed by atoms with Gasteiger partial charge in [0.2, 0.25) is 5.95 Å². The van der Waals surface area contributed by atoms with Crippen molar-refractivity contribution in [2.24, 2.45) is 0 Å². The van der Waals surface area contributed by atoms with Gasteiger partial charge in [-0.25, -0.2) is 27.6 Å². The van der Waals surface area contributed by atoms with Gasteiger partial charge in [-0.15, -0.1) is 0 Å². The number of rotatable bonds is 5. The van der Waals surface area contributed by atoms with Gasteiger partial charge in [0.25, 0.3) is 0 Å². The molecular weight excluding hydrogens is 498 g/mol. The fourth-order valence-electron chi connectivity index (χ4n) is 2.52. The zero-order valence-corrected chi connectivity index (χ0v) is 18.3. The predicted molar refractivity (Wildman–Crippen MR) is 116 cm³/mol. The third kappa shape index (κ3) is 6.83. The summed E-state index contributed by atoms with van der Waals surface area (Å²) in [4.78, 5) is 21.4. The maximum atomic E-state index is 13.4. The van der Waals surface area contributed by atoms with E-state index in [1.807, 2.05) is 0 Å². The first-order chi connectivity index (χ1) is 16.3. The highest BCUT2D eigenvalue weighted by Crippen LogP contribution is 2.23. The van der Waals surface area contributed by atoms with Crippen molar-refractivity contribution in [1.29, 1.82) is 0 Å². The van der Waals surface area contributed by atoms with Gasteiger partial charge in [-0.3, -0.25) is 5.10 Å². The predicted octanol–water partition coefficient (Wildman–Crippen LogP) is 3.41. The largest absolute Gasteiger partial charge is 0.490 e. The topological polar surface area (TPSA) is 163 Å². The number of hydrogen-bond donors (Lipinski definition) is 4. The minimum absolute atomic E-state index is 0.185. The highest BCUT2D eigenvalue weighted by atomic mass is 32.2. The van der Waals surface area contributed by atoms with Crippen molar-refractivity contribution < 1.29 is 35.9 Å². The van der Waals surface area contributed by atoms with Gasteiger partial charge < -0.3 is 15.7 Å². The lowest BCUT2D eigenvalue weighted by molar-refractivity contribution is -0.192. The van der Waals surface area contributed by atoms with Crippen LogP contribution in [0.15, 0.2) is 53.7 Å². The van der Waals surface area contributed by atoms with Crippen molar-refractivity contribution in [1.82, 2.24) is 25.1 Å². The monoisotopic (exact) mass is 513 g/mol. The van der Waals surface area contributed by atoms with Crippen molar-refractivity contribution in [2.45, 2.75) is 11.1 Å². The number of pyridine rings is 1. The number of hydrogen-bond acceptors (Lipinski definition) is 9. The number of aromatic nitrogens is 5. The van der Waals surface area contributed by atoms with E-state index >= 15 is 0 Å².